The highest BCUT2D eigenvalue weighted by Crippen LogP contribution is 2.04. The first-order chi connectivity index (χ1) is 13.2. The van der Waals surface area contributed by atoms with E-state index in [1.807, 2.05) is 0 Å². The van der Waals surface area contributed by atoms with E-state index in [-0.39, 0.29) is 19.4 Å². The van der Waals surface area contributed by atoms with Crippen molar-refractivity contribution in [2.45, 2.75) is 44.7 Å². The number of hydrogen-bond donors (Lipinski definition) is 7. The number of carboxylic acid groups (broad SMARTS) is 2. The molecule has 12 heteroatoms. The number of carboxylic acids is 2. The molecule has 2 amide bonds. The molecule has 0 saturated heterocycles. The number of nitrogens with zero attached hydrogens (tertiary/aromatic N) is 1. The van der Waals surface area contributed by atoms with Gasteiger partial charge >= 0.3 is 5.97 Å². The van der Waals surface area contributed by atoms with Crippen LogP contribution in [0.4, 0.5) is 0 Å². The molecule has 0 saturated carbocycles. The molecule has 1 heterocycles. The quantitative estimate of drug-likeness (QED) is 0.208. The van der Waals surface area contributed by atoms with Crippen molar-refractivity contribution < 1.29 is 29.4 Å². The average Bonchev–Trinajstić information content (AvgIpc) is 3.12. The number of amides is 2. The summed E-state index contributed by atoms with van der Waals surface area (Å²) in [7, 11) is 0. The number of aliphatic carboxylic acids is 2. The van der Waals surface area contributed by atoms with E-state index in [0.29, 0.717) is 25.1 Å². The summed E-state index contributed by atoms with van der Waals surface area (Å²) in [6.07, 6.45) is 4.62. The molecular weight excluding hydrogens is 372 g/mol. The maximum atomic E-state index is 12.4. The number of aromatic amines is 1. The predicted octanol–water partition coefficient (Wildman–Crippen LogP) is -1.81. The van der Waals surface area contributed by atoms with Gasteiger partial charge in [-0.15, -0.1) is 0 Å². The maximum absolute atomic E-state index is 12.4. The second kappa shape index (κ2) is 14.1. The number of imidazole rings is 1. The van der Waals surface area contributed by atoms with Gasteiger partial charge in [-0.2, -0.15) is 0 Å². The van der Waals surface area contributed by atoms with Crippen LogP contribution in [0.3, 0.4) is 0 Å². The SMILES string of the molecule is CC(=O)O.NCCCC[C@H](NC(=O)[C@H](Cc1cnc[nH]1)NC(=O)CN)C(=O)O. The molecule has 0 aliphatic carbocycles. The molecule has 1 aromatic rings. The van der Waals surface area contributed by atoms with Gasteiger partial charge in [0.1, 0.15) is 12.1 Å². The van der Waals surface area contributed by atoms with Gasteiger partial charge in [-0.05, 0) is 25.8 Å². The molecule has 0 bridgehead atoms. The number of nitrogens with one attached hydrogen (secondary N) is 3. The second-order valence-corrected chi connectivity index (χ2v) is 5.81. The number of hydrogen-bond acceptors (Lipinski definition) is 7. The van der Waals surface area contributed by atoms with E-state index in [4.69, 9.17) is 21.4 Å². The number of H-pyrrole nitrogens is 1. The van der Waals surface area contributed by atoms with Crippen LogP contribution in [-0.4, -0.2) is 69.1 Å². The molecule has 0 aliphatic heterocycles. The van der Waals surface area contributed by atoms with E-state index in [9.17, 15) is 19.5 Å². The summed E-state index contributed by atoms with van der Waals surface area (Å²) < 4.78 is 0. The van der Waals surface area contributed by atoms with E-state index in [1.165, 1.54) is 12.5 Å². The fourth-order valence-electron chi connectivity index (χ4n) is 2.10. The second-order valence-electron chi connectivity index (χ2n) is 5.81. The fraction of sp³-hybridized carbons (Fsp3) is 0.562. The summed E-state index contributed by atoms with van der Waals surface area (Å²) in [6, 6.07) is -1.99. The molecule has 0 unspecified atom stereocenters. The highest BCUT2D eigenvalue weighted by atomic mass is 16.4. The summed E-state index contributed by atoms with van der Waals surface area (Å²) in [6.45, 7) is 1.26. The number of aromatic nitrogens is 2. The Bertz CT molecular complexity index is 617. The molecule has 0 aliphatic rings. The Kier molecular flexibility index (Phi) is 12.6. The van der Waals surface area contributed by atoms with Crippen LogP contribution in [0.15, 0.2) is 12.5 Å². The Balaban J connectivity index is 0.00000165. The Morgan fingerprint density at radius 1 is 1.14 bits per heavy atom. The van der Waals surface area contributed by atoms with E-state index in [1.54, 1.807) is 0 Å². The molecule has 1 aromatic heterocycles. The predicted molar refractivity (Wildman–Crippen MR) is 99.1 cm³/mol. The van der Waals surface area contributed by atoms with Crippen LogP contribution in [0.5, 0.6) is 0 Å². The van der Waals surface area contributed by atoms with Crippen LogP contribution < -0.4 is 22.1 Å². The number of unbranched alkanes of at least 4 members (excludes halogenated alkanes) is 1. The lowest BCUT2D eigenvalue weighted by molar-refractivity contribution is -0.142. The van der Waals surface area contributed by atoms with Crippen molar-refractivity contribution in [1.82, 2.24) is 20.6 Å². The summed E-state index contributed by atoms with van der Waals surface area (Å²) in [4.78, 5) is 50.8. The molecule has 0 spiro atoms. The minimum atomic E-state index is -1.13. The standard InChI is InChI=1S/C14H24N6O4.C2H4O2/c15-4-2-1-3-10(14(23)24)20-13(22)11(19-12(21)6-16)5-9-7-17-8-18-9;1-2(3)4/h7-8,10-11H,1-6,15-16H2,(H,17,18)(H,19,21)(H,20,22)(H,23,24);1H3,(H,3,4)/t10-,11-;/m0./s1. The van der Waals surface area contributed by atoms with Crippen molar-refractivity contribution in [2.75, 3.05) is 13.1 Å². The van der Waals surface area contributed by atoms with E-state index in [0.717, 1.165) is 6.92 Å². The van der Waals surface area contributed by atoms with Gasteiger partial charge in [-0.1, -0.05) is 0 Å². The minimum Gasteiger partial charge on any atom is -0.481 e. The number of carbonyl (C=O) groups is 4. The van der Waals surface area contributed by atoms with Gasteiger partial charge in [-0.25, -0.2) is 9.78 Å². The number of carbonyl (C=O) groups excluding carboxylic acids is 2. The molecule has 158 valence electrons. The van der Waals surface area contributed by atoms with Crippen molar-refractivity contribution >= 4 is 23.8 Å². The lowest BCUT2D eigenvalue weighted by Crippen LogP contribution is -2.53. The monoisotopic (exact) mass is 400 g/mol. The van der Waals surface area contributed by atoms with Crippen molar-refractivity contribution in [3.8, 4) is 0 Å². The van der Waals surface area contributed by atoms with Crippen LogP contribution in [-0.2, 0) is 25.6 Å². The molecule has 0 fully saturated rings. The third-order valence-electron chi connectivity index (χ3n) is 3.38. The van der Waals surface area contributed by atoms with Crippen LogP contribution in [0.1, 0.15) is 31.9 Å². The zero-order valence-electron chi connectivity index (χ0n) is 15.7. The first-order valence-corrected chi connectivity index (χ1v) is 8.60. The van der Waals surface area contributed by atoms with E-state index in [2.05, 4.69) is 20.6 Å². The third kappa shape index (κ3) is 11.6. The van der Waals surface area contributed by atoms with Gasteiger partial charge in [-0.3, -0.25) is 14.4 Å². The normalized spacial score (nSPS) is 12.1. The van der Waals surface area contributed by atoms with E-state index < -0.39 is 35.8 Å². The van der Waals surface area contributed by atoms with Crippen molar-refractivity contribution in [3.63, 3.8) is 0 Å². The molecule has 28 heavy (non-hydrogen) atoms. The topological polar surface area (TPSA) is 214 Å². The highest BCUT2D eigenvalue weighted by Gasteiger charge is 2.26. The Labute approximate surface area is 162 Å². The van der Waals surface area contributed by atoms with Gasteiger partial charge in [0, 0.05) is 25.2 Å². The van der Waals surface area contributed by atoms with Gasteiger partial charge in [0.25, 0.3) is 5.97 Å². The molecule has 0 aromatic carbocycles. The summed E-state index contributed by atoms with van der Waals surface area (Å²) in [5.41, 5.74) is 11.3. The number of rotatable bonds is 11. The van der Waals surface area contributed by atoms with Crippen molar-refractivity contribution in [2.24, 2.45) is 11.5 Å². The van der Waals surface area contributed by atoms with E-state index >= 15 is 0 Å². The summed E-state index contributed by atoms with van der Waals surface area (Å²) in [5.74, 6) is -3.07. The largest absolute Gasteiger partial charge is 0.481 e. The van der Waals surface area contributed by atoms with Crippen LogP contribution in [0, 0.1) is 0 Å². The minimum absolute atomic E-state index is 0.146. The van der Waals surface area contributed by atoms with Crippen molar-refractivity contribution in [3.05, 3.63) is 18.2 Å². The van der Waals surface area contributed by atoms with Crippen LogP contribution in [0.25, 0.3) is 0 Å². The summed E-state index contributed by atoms with van der Waals surface area (Å²) in [5, 5.41) is 21.6. The molecule has 1 rings (SSSR count). The fourth-order valence-corrected chi connectivity index (χ4v) is 2.10. The molecule has 9 N–H and O–H groups in total. The smallest absolute Gasteiger partial charge is 0.326 e. The molecular formula is C16H28N6O6. The first kappa shape index (κ1) is 25.0. The summed E-state index contributed by atoms with van der Waals surface area (Å²) >= 11 is 0. The highest BCUT2D eigenvalue weighted by molar-refractivity contribution is 5.90. The van der Waals surface area contributed by atoms with Gasteiger partial charge < -0.3 is 37.3 Å². The molecule has 2 atom stereocenters. The average molecular weight is 400 g/mol. The zero-order valence-corrected chi connectivity index (χ0v) is 15.7. The Hall–Kier alpha value is -2.99. The third-order valence-corrected chi connectivity index (χ3v) is 3.38. The van der Waals surface area contributed by atoms with Crippen LogP contribution >= 0.6 is 0 Å². The lowest BCUT2D eigenvalue weighted by Gasteiger charge is -2.21. The Morgan fingerprint density at radius 2 is 1.79 bits per heavy atom. The number of nitrogens with two attached hydrogens (primary N) is 2. The maximum Gasteiger partial charge on any atom is 0.326 e. The first-order valence-electron chi connectivity index (χ1n) is 8.60. The van der Waals surface area contributed by atoms with Crippen molar-refractivity contribution in [1.29, 1.82) is 0 Å². The van der Waals surface area contributed by atoms with Crippen LogP contribution in [0.2, 0.25) is 0 Å². The van der Waals surface area contributed by atoms with Gasteiger partial charge in [0.15, 0.2) is 0 Å². The van der Waals surface area contributed by atoms with Gasteiger partial charge in [0.2, 0.25) is 11.8 Å². The Morgan fingerprint density at radius 3 is 2.25 bits per heavy atom. The zero-order chi connectivity index (χ0) is 21.5. The molecule has 12 nitrogen and oxygen atoms in total. The van der Waals surface area contributed by atoms with Gasteiger partial charge in [0.05, 0.1) is 12.9 Å². The molecule has 0 radical (unpaired) electrons. The lowest BCUT2D eigenvalue weighted by atomic mass is 10.1.